The van der Waals surface area contributed by atoms with Crippen LogP contribution in [-0.4, -0.2) is 15.8 Å². The molecular weight excluding hydrogens is 144 g/mol. The van der Waals surface area contributed by atoms with Gasteiger partial charge in [-0.15, -0.1) is 0 Å². The van der Waals surface area contributed by atoms with Crippen LogP contribution in [0.25, 0.3) is 11.2 Å². The molecule has 2 aromatic heterocycles. The Morgan fingerprint density at radius 2 is 2.55 bits per heavy atom. The Bertz CT molecular complexity index is 399. The van der Waals surface area contributed by atoms with Crippen molar-refractivity contribution in [2.24, 2.45) is 7.05 Å². The van der Waals surface area contributed by atoms with Crippen LogP contribution in [-0.2, 0) is 7.05 Å². The fourth-order valence-electron chi connectivity index (χ4n) is 1.04. The molecule has 0 amide bonds. The first-order valence-electron chi connectivity index (χ1n) is 3.18. The van der Waals surface area contributed by atoms with Crippen molar-refractivity contribution >= 4 is 17.5 Å². The van der Waals surface area contributed by atoms with Crippen molar-refractivity contribution in [1.29, 1.82) is 0 Å². The van der Waals surface area contributed by atoms with E-state index in [0.717, 1.165) is 5.52 Å². The first-order valence-corrected chi connectivity index (χ1v) is 3.18. The second kappa shape index (κ2) is 1.95. The number of furan rings is 1. The largest absolute Gasteiger partial charge is 0.445 e. The van der Waals surface area contributed by atoms with Crippen molar-refractivity contribution in [2.45, 2.75) is 0 Å². The first kappa shape index (κ1) is 6.15. The summed E-state index contributed by atoms with van der Waals surface area (Å²) in [5.74, 6) is 0.388. The minimum absolute atomic E-state index is 0.388. The monoisotopic (exact) mass is 150 g/mol. The second-order valence-electron chi connectivity index (χ2n) is 2.26. The third-order valence-electron chi connectivity index (χ3n) is 1.65. The van der Waals surface area contributed by atoms with Gasteiger partial charge in [-0.2, -0.15) is 4.98 Å². The van der Waals surface area contributed by atoms with Crippen LogP contribution < -0.4 is 0 Å². The zero-order valence-electron chi connectivity index (χ0n) is 5.94. The minimum Gasteiger partial charge on any atom is -0.445 e. The molecule has 0 N–H and O–H groups in total. The predicted molar refractivity (Wildman–Crippen MR) is 38.4 cm³/mol. The normalized spacial score (nSPS) is 10.6. The Morgan fingerprint density at radius 1 is 1.73 bits per heavy atom. The average molecular weight is 150 g/mol. The van der Waals surface area contributed by atoms with Gasteiger partial charge in [0.15, 0.2) is 12.1 Å². The van der Waals surface area contributed by atoms with Crippen molar-refractivity contribution < 1.29 is 9.21 Å². The van der Waals surface area contributed by atoms with Gasteiger partial charge in [0.2, 0.25) is 5.71 Å². The van der Waals surface area contributed by atoms with Crippen molar-refractivity contribution in [3.05, 3.63) is 18.2 Å². The number of carbonyl (C=O) groups is 1. The molecule has 0 saturated heterocycles. The van der Waals surface area contributed by atoms with E-state index in [1.807, 2.05) is 0 Å². The van der Waals surface area contributed by atoms with Gasteiger partial charge in [0.25, 0.3) is 0 Å². The summed E-state index contributed by atoms with van der Waals surface area (Å²) in [5.41, 5.74) is 1.35. The van der Waals surface area contributed by atoms with Crippen LogP contribution in [0.2, 0.25) is 0 Å². The first-order chi connectivity index (χ1) is 5.33. The molecule has 0 spiro atoms. The van der Waals surface area contributed by atoms with Gasteiger partial charge in [-0.25, -0.2) is 0 Å². The topological polar surface area (TPSA) is 48.0 Å². The molecule has 0 aliphatic heterocycles. The van der Waals surface area contributed by atoms with Gasteiger partial charge < -0.3 is 8.98 Å². The van der Waals surface area contributed by atoms with E-state index >= 15 is 0 Å². The number of aldehydes is 1. The molecule has 4 nitrogen and oxygen atoms in total. The molecule has 2 heterocycles. The lowest BCUT2D eigenvalue weighted by molar-refractivity contribution is 0.111. The van der Waals surface area contributed by atoms with E-state index in [2.05, 4.69) is 4.98 Å². The molecule has 0 saturated carbocycles. The molecule has 4 heteroatoms. The van der Waals surface area contributed by atoms with Gasteiger partial charge in [-0.1, -0.05) is 0 Å². The fourth-order valence-corrected chi connectivity index (χ4v) is 1.04. The van der Waals surface area contributed by atoms with Crippen molar-refractivity contribution in [3.63, 3.8) is 0 Å². The minimum atomic E-state index is 0.388. The van der Waals surface area contributed by atoms with E-state index in [1.54, 1.807) is 23.9 Å². The average Bonchev–Trinajstić information content (AvgIpc) is 2.53. The molecule has 0 aromatic carbocycles. The fraction of sp³-hybridized carbons (Fsp3) is 0.143. The number of rotatable bonds is 1. The van der Waals surface area contributed by atoms with Crippen LogP contribution in [0.4, 0.5) is 0 Å². The molecule has 0 aliphatic rings. The van der Waals surface area contributed by atoms with Crippen LogP contribution in [0.5, 0.6) is 0 Å². The third kappa shape index (κ3) is 0.690. The van der Waals surface area contributed by atoms with Gasteiger partial charge in [-0.05, 0) is 0 Å². The van der Waals surface area contributed by atoms with Gasteiger partial charge in [0.05, 0.1) is 6.26 Å². The molecular formula is C7H6N2O2. The number of imidazole rings is 1. The molecule has 0 fully saturated rings. The molecule has 0 bridgehead atoms. The highest BCUT2D eigenvalue weighted by Gasteiger charge is 2.07. The molecule has 2 aromatic rings. The number of hydrogen-bond acceptors (Lipinski definition) is 3. The van der Waals surface area contributed by atoms with Gasteiger partial charge >= 0.3 is 0 Å². The summed E-state index contributed by atoms with van der Waals surface area (Å²) in [7, 11) is 1.77. The Balaban J connectivity index is 2.86. The zero-order chi connectivity index (χ0) is 7.84. The maximum absolute atomic E-state index is 10.4. The summed E-state index contributed by atoms with van der Waals surface area (Å²) in [5, 5.41) is 0. The van der Waals surface area contributed by atoms with E-state index in [0.29, 0.717) is 17.8 Å². The quantitative estimate of drug-likeness (QED) is 0.569. The lowest BCUT2D eigenvalue weighted by Crippen LogP contribution is -1.94. The Kier molecular flexibility index (Phi) is 1.09. The molecule has 11 heavy (non-hydrogen) atoms. The molecule has 2 rings (SSSR count). The van der Waals surface area contributed by atoms with E-state index in [-0.39, 0.29) is 0 Å². The molecule has 0 atom stereocenters. The maximum atomic E-state index is 10.4. The van der Waals surface area contributed by atoms with Crippen molar-refractivity contribution in [3.8, 4) is 0 Å². The van der Waals surface area contributed by atoms with Crippen molar-refractivity contribution in [2.75, 3.05) is 0 Å². The number of aryl methyl sites for hydroxylation is 1. The van der Waals surface area contributed by atoms with E-state index < -0.39 is 0 Å². The lowest BCUT2D eigenvalue weighted by Gasteiger charge is -1.89. The molecule has 0 radical (unpaired) electrons. The Hall–Kier alpha value is -1.58. The van der Waals surface area contributed by atoms with Crippen LogP contribution in [0.3, 0.4) is 0 Å². The maximum Gasteiger partial charge on any atom is 0.245 e. The summed E-state index contributed by atoms with van der Waals surface area (Å²) in [6, 6.07) is 1.77. The third-order valence-corrected chi connectivity index (χ3v) is 1.65. The highest BCUT2D eigenvalue weighted by Crippen LogP contribution is 2.13. The van der Waals surface area contributed by atoms with Crippen LogP contribution in [0.1, 0.15) is 10.6 Å². The number of hydrogen-bond donors (Lipinski definition) is 0. The summed E-state index contributed by atoms with van der Waals surface area (Å²) in [6.07, 6.45) is 2.25. The standard InChI is InChI=1S/C7H6N2O2/c1-9-5-2-3-11-7(5)8-6(9)4-10/h2-4H,1H3. The van der Waals surface area contributed by atoms with Crippen LogP contribution in [0.15, 0.2) is 16.7 Å². The highest BCUT2D eigenvalue weighted by molar-refractivity contribution is 5.79. The number of carbonyl (C=O) groups excluding carboxylic acids is 1. The zero-order valence-corrected chi connectivity index (χ0v) is 5.94. The Labute approximate surface area is 62.4 Å². The smallest absolute Gasteiger partial charge is 0.245 e. The second-order valence-corrected chi connectivity index (χ2v) is 2.26. The van der Waals surface area contributed by atoms with E-state index in [1.165, 1.54) is 0 Å². The van der Waals surface area contributed by atoms with E-state index in [9.17, 15) is 4.79 Å². The molecule has 0 unspecified atom stereocenters. The van der Waals surface area contributed by atoms with Crippen LogP contribution in [0, 0.1) is 0 Å². The SMILES string of the molecule is Cn1c(C=O)nc2occc21. The summed E-state index contributed by atoms with van der Waals surface area (Å²) in [4.78, 5) is 14.3. The lowest BCUT2D eigenvalue weighted by atomic mass is 10.5. The predicted octanol–water partition coefficient (Wildman–Crippen LogP) is 0.979. The van der Waals surface area contributed by atoms with Gasteiger partial charge in [-0.3, -0.25) is 4.79 Å². The van der Waals surface area contributed by atoms with Crippen LogP contribution >= 0.6 is 0 Å². The van der Waals surface area contributed by atoms with Gasteiger partial charge in [0.1, 0.15) is 5.52 Å². The Morgan fingerprint density at radius 3 is 3.18 bits per heavy atom. The molecule has 0 aliphatic carbocycles. The van der Waals surface area contributed by atoms with Crippen molar-refractivity contribution in [1.82, 2.24) is 9.55 Å². The summed E-state index contributed by atoms with van der Waals surface area (Å²) >= 11 is 0. The highest BCUT2D eigenvalue weighted by atomic mass is 16.3. The number of nitrogens with zero attached hydrogens (tertiary/aromatic N) is 2. The number of aromatic nitrogens is 2. The summed E-state index contributed by atoms with van der Waals surface area (Å²) < 4.78 is 6.68. The molecule has 56 valence electrons. The van der Waals surface area contributed by atoms with Gasteiger partial charge in [0, 0.05) is 13.1 Å². The summed E-state index contributed by atoms with van der Waals surface area (Å²) in [6.45, 7) is 0. The van der Waals surface area contributed by atoms with E-state index in [4.69, 9.17) is 4.42 Å². The number of fused-ring (bicyclic) bond motifs is 1.